The molecule has 0 spiro atoms. The number of ether oxygens (including phenoxy) is 2. The minimum atomic E-state index is -4.64. The van der Waals surface area contributed by atoms with Gasteiger partial charge in [0.2, 0.25) is 0 Å². The van der Waals surface area contributed by atoms with Crippen molar-refractivity contribution in [3.63, 3.8) is 0 Å². The van der Waals surface area contributed by atoms with Gasteiger partial charge >= 0.3 is 19.4 Å². The van der Waals surface area contributed by atoms with Gasteiger partial charge in [-0.2, -0.15) is 35.8 Å². The van der Waals surface area contributed by atoms with Gasteiger partial charge < -0.3 is 9.47 Å². The lowest BCUT2D eigenvalue weighted by atomic mass is 10.2. The highest BCUT2D eigenvalue weighted by Crippen LogP contribution is 2.32. The third-order valence-corrected chi connectivity index (χ3v) is 3.26. The van der Waals surface area contributed by atoms with Crippen molar-refractivity contribution in [3.05, 3.63) is 46.6 Å². The third-order valence-electron chi connectivity index (χ3n) is 2.97. The van der Waals surface area contributed by atoms with Gasteiger partial charge in [-0.25, -0.2) is 4.98 Å². The summed E-state index contributed by atoms with van der Waals surface area (Å²) in [7, 11) is 0. The molecule has 0 atom stereocenters. The SMILES string of the molecule is FC(F)Oc1ccc(/C=N/Nc2ncc(C(F)(F)F)cc2Cl)c(OC(F)F)c1. The summed E-state index contributed by atoms with van der Waals surface area (Å²) in [6.45, 7) is -6.43. The van der Waals surface area contributed by atoms with Gasteiger partial charge in [0.15, 0.2) is 5.82 Å². The highest BCUT2D eigenvalue weighted by molar-refractivity contribution is 6.32. The molecule has 2 rings (SSSR count). The van der Waals surface area contributed by atoms with Crippen LogP contribution in [0.3, 0.4) is 0 Å². The lowest BCUT2D eigenvalue weighted by molar-refractivity contribution is -0.137. The molecule has 0 fully saturated rings. The van der Waals surface area contributed by atoms with E-state index < -0.39 is 41.5 Å². The Morgan fingerprint density at radius 1 is 1.07 bits per heavy atom. The number of rotatable bonds is 7. The predicted molar refractivity (Wildman–Crippen MR) is 85.2 cm³/mol. The molecule has 0 saturated carbocycles. The summed E-state index contributed by atoms with van der Waals surface area (Å²) >= 11 is 5.68. The number of benzene rings is 1. The minimum Gasteiger partial charge on any atom is -0.435 e. The number of nitrogens with zero attached hydrogens (tertiary/aromatic N) is 2. The van der Waals surface area contributed by atoms with Crippen LogP contribution in [0.4, 0.5) is 36.6 Å². The van der Waals surface area contributed by atoms with Crippen molar-refractivity contribution in [1.82, 2.24) is 4.98 Å². The summed E-state index contributed by atoms with van der Waals surface area (Å²) in [6.07, 6.45) is -3.17. The average molecular weight is 432 g/mol. The molecule has 1 aromatic carbocycles. The van der Waals surface area contributed by atoms with Gasteiger partial charge in [-0.3, -0.25) is 5.43 Å². The van der Waals surface area contributed by atoms with Crippen LogP contribution < -0.4 is 14.9 Å². The molecule has 2 aromatic rings. The molecule has 0 aliphatic carbocycles. The van der Waals surface area contributed by atoms with E-state index in [1.807, 2.05) is 0 Å². The van der Waals surface area contributed by atoms with Gasteiger partial charge in [-0.05, 0) is 18.2 Å². The number of aromatic nitrogens is 1. The van der Waals surface area contributed by atoms with E-state index >= 15 is 0 Å². The number of hydrogen-bond donors (Lipinski definition) is 1. The van der Waals surface area contributed by atoms with E-state index in [0.29, 0.717) is 12.3 Å². The number of nitrogens with one attached hydrogen (secondary N) is 1. The molecule has 0 saturated heterocycles. The predicted octanol–water partition coefficient (Wildman–Crippen LogP) is 5.40. The van der Waals surface area contributed by atoms with Crippen LogP contribution >= 0.6 is 11.6 Å². The molecule has 13 heteroatoms. The van der Waals surface area contributed by atoms with Gasteiger partial charge in [0.05, 0.1) is 16.8 Å². The van der Waals surface area contributed by atoms with Crippen molar-refractivity contribution in [3.8, 4) is 11.5 Å². The molecule has 28 heavy (non-hydrogen) atoms. The fourth-order valence-corrected chi connectivity index (χ4v) is 2.04. The number of alkyl halides is 7. The molecular formula is C15H9ClF7N3O2. The molecule has 0 unspecified atom stereocenters. The summed E-state index contributed by atoms with van der Waals surface area (Å²) < 4.78 is 95.3. The van der Waals surface area contributed by atoms with Gasteiger partial charge in [0, 0.05) is 17.8 Å². The first-order valence-corrected chi connectivity index (χ1v) is 7.49. The summed E-state index contributed by atoms with van der Waals surface area (Å²) in [5, 5.41) is 3.21. The van der Waals surface area contributed by atoms with Gasteiger partial charge in [0.1, 0.15) is 11.5 Å². The van der Waals surface area contributed by atoms with Crippen LogP contribution in [-0.4, -0.2) is 24.4 Å². The topological polar surface area (TPSA) is 55.7 Å². The fraction of sp³-hybridized carbons (Fsp3) is 0.200. The maximum absolute atomic E-state index is 12.6. The van der Waals surface area contributed by atoms with Crippen molar-refractivity contribution < 1.29 is 40.2 Å². The number of hydrogen-bond acceptors (Lipinski definition) is 5. The third kappa shape index (κ3) is 6.15. The van der Waals surface area contributed by atoms with E-state index in [-0.39, 0.29) is 11.4 Å². The van der Waals surface area contributed by atoms with E-state index in [9.17, 15) is 30.7 Å². The Balaban J connectivity index is 2.19. The Labute approximate surface area is 157 Å². The van der Waals surface area contributed by atoms with E-state index in [1.54, 1.807) is 0 Å². The summed E-state index contributed by atoms with van der Waals surface area (Å²) in [4.78, 5) is 3.46. The Bertz CT molecular complexity index is 847. The number of halogens is 8. The summed E-state index contributed by atoms with van der Waals surface area (Å²) in [5.41, 5.74) is 1.09. The largest absolute Gasteiger partial charge is 0.435 e. The zero-order valence-corrected chi connectivity index (χ0v) is 14.1. The molecule has 0 bridgehead atoms. The van der Waals surface area contributed by atoms with Crippen LogP contribution in [0.25, 0.3) is 0 Å². The van der Waals surface area contributed by atoms with Crippen molar-refractivity contribution >= 4 is 23.6 Å². The smallest absolute Gasteiger partial charge is 0.417 e. The Morgan fingerprint density at radius 2 is 1.75 bits per heavy atom. The van der Waals surface area contributed by atoms with Crippen molar-refractivity contribution in [1.29, 1.82) is 0 Å². The molecule has 1 heterocycles. The first-order chi connectivity index (χ1) is 13.1. The zero-order chi connectivity index (χ0) is 20.9. The number of hydrazone groups is 1. The Hall–Kier alpha value is -2.76. The van der Waals surface area contributed by atoms with Crippen LogP contribution in [0.1, 0.15) is 11.1 Å². The Kier molecular flexibility index (Phi) is 6.89. The van der Waals surface area contributed by atoms with E-state index in [0.717, 1.165) is 24.4 Å². The van der Waals surface area contributed by atoms with Crippen LogP contribution in [0.2, 0.25) is 5.02 Å². The zero-order valence-electron chi connectivity index (χ0n) is 13.4. The standard InChI is InChI=1S/C15H9ClF7N3O2/c16-10-3-8(15(21,22)23)6-24-12(10)26-25-5-7-1-2-9(27-13(17)18)4-11(7)28-14(19)20/h1-6,13-14H,(H,24,26)/b25-5+. The quantitative estimate of drug-likeness (QED) is 0.362. The molecule has 5 nitrogen and oxygen atoms in total. The summed E-state index contributed by atoms with van der Waals surface area (Å²) in [5.74, 6) is -1.19. The Morgan fingerprint density at radius 3 is 2.32 bits per heavy atom. The first kappa shape index (κ1) is 21.5. The molecule has 0 aliphatic rings. The number of pyridine rings is 1. The van der Waals surface area contributed by atoms with Crippen LogP contribution in [0, 0.1) is 0 Å². The van der Waals surface area contributed by atoms with Gasteiger partial charge in [0.25, 0.3) is 0 Å². The van der Waals surface area contributed by atoms with E-state index in [4.69, 9.17) is 11.6 Å². The second-order valence-electron chi connectivity index (χ2n) is 4.88. The maximum atomic E-state index is 12.6. The maximum Gasteiger partial charge on any atom is 0.417 e. The number of anilines is 1. The summed E-state index contributed by atoms with van der Waals surface area (Å²) in [6, 6.07) is 3.56. The van der Waals surface area contributed by atoms with Gasteiger partial charge in [-0.1, -0.05) is 11.6 Å². The van der Waals surface area contributed by atoms with E-state index in [2.05, 4.69) is 25.0 Å². The molecule has 0 aliphatic heterocycles. The van der Waals surface area contributed by atoms with Crippen molar-refractivity contribution in [2.45, 2.75) is 19.4 Å². The molecular weight excluding hydrogens is 423 g/mol. The highest BCUT2D eigenvalue weighted by Gasteiger charge is 2.31. The van der Waals surface area contributed by atoms with Crippen LogP contribution in [0.15, 0.2) is 35.6 Å². The second kappa shape index (κ2) is 8.95. The molecule has 1 N–H and O–H groups in total. The van der Waals surface area contributed by atoms with E-state index in [1.165, 1.54) is 0 Å². The first-order valence-electron chi connectivity index (χ1n) is 7.11. The van der Waals surface area contributed by atoms with Crippen LogP contribution in [-0.2, 0) is 6.18 Å². The monoisotopic (exact) mass is 431 g/mol. The lowest BCUT2D eigenvalue weighted by Crippen LogP contribution is -2.07. The molecule has 0 radical (unpaired) electrons. The van der Waals surface area contributed by atoms with Crippen LogP contribution in [0.5, 0.6) is 11.5 Å². The average Bonchev–Trinajstić information content (AvgIpc) is 2.56. The highest BCUT2D eigenvalue weighted by atomic mass is 35.5. The normalized spacial score (nSPS) is 12.1. The van der Waals surface area contributed by atoms with Gasteiger partial charge in [-0.15, -0.1) is 0 Å². The van der Waals surface area contributed by atoms with Crippen molar-refractivity contribution in [2.75, 3.05) is 5.43 Å². The fourth-order valence-electron chi connectivity index (χ4n) is 1.83. The molecule has 1 aromatic heterocycles. The van der Waals surface area contributed by atoms with Crippen molar-refractivity contribution in [2.24, 2.45) is 5.10 Å². The minimum absolute atomic E-state index is 0.0718. The molecule has 152 valence electrons. The molecule has 0 amide bonds. The second-order valence-corrected chi connectivity index (χ2v) is 5.29. The lowest BCUT2D eigenvalue weighted by Gasteiger charge is -2.11.